The topological polar surface area (TPSA) is 59.8 Å². The first-order chi connectivity index (χ1) is 8.84. The molecule has 88 valence electrons. The molecular weight excluding hydrogens is 228 g/mol. The Morgan fingerprint density at radius 1 is 1.17 bits per heavy atom. The Hall–Kier alpha value is -2.69. The molecule has 0 aliphatic carbocycles. The van der Waals surface area contributed by atoms with Gasteiger partial charge >= 0.3 is 6.03 Å². The van der Waals surface area contributed by atoms with Gasteiger partial charge in [0.25, 0.3) is 0 Å². The summed E-state index contributed by atoms with van der Waals surface area (Å²) in [6, 6.07) is 9.22. The Balaban J connectivity index is 1.98. The van der Waals surface area contributed by atoms with Crippen LogP contribution in [0, 0.1) is 0 Å². The second kappa shape index (κ2) is 4.29. The number of fused-ring (bicyclic) bond motifs is 1. The summed E-state index contributed by atoms with van der Waals surface area (Å²) in [6.07, 6.45) is 6.30. The van der Waals surface area contributed by atoms with E-state index in [4.69, 9.17) is 0 Å². The maximum Gasteiger partial charge on any atom is 0.331 e. The van der Waals surface area contributed by atoms with Gasteiger partial charge in [-0.05, 0) is 12.1 Å². The van der Waals surface area contributed by atoms with E-state index in [0.717, 1.165) is 10.9 Å². The highest BCUT2D eigenvalue weighted by molar-refractivity contribution is 6.00. The number of carbonyl (C=O) groups excluding carboxylic acids is 1. The van der Waals surface area contributed by atoms with Crippen molar-refractivity contribution in [3.63, 3.8) is 0 Å². The molecule has 18 heavy (non-hydrogen) atoms. The number of pyridine rings is 1. The van der Waals surface area contributed by atoms with E-state index < -0.39 is 0 Å². The Kier molecular flexibility index (Phi) is 2.49. The number of nitrogens with zero attached hydrogens (tertiary/aromatic N) is 3. The molecule has 2 aromatic heterocycles. The number of hydrogen-bond acceptors (Lipinski definition) is 3. The van der Waals surface area contributed by atoms with Gasteiger partial charge in [-0.3, -0.25) is 9.55 Å². The Bertz CT molecular complexity index is 686. The summed E-state index contributed by atoms with van der Waals surface area (Å²) in [7, 11) is 0. The number of aromatic nitrogens is 3. The fraction of sp³-hybridized carbons (Fsp3) is 0. The molecule has 1 amide bonds. The number of carbonyl (C=O) groups is 1. The van der Waals surface area contributed by atoms with Crippen LogP contribution in [0.5, 0.6) is 0 Å². The Morgan fingerprint density at radius 3 is 2.89 bits per heavy atom. The van der Waals surface area contributed by atoms with Crippen LogP contribution in [0.15, 0.2) is 55.2 Å². The molecule has 0 radical (unpaired) electrons. The number of para-hydroxylation sites is 1. The molecule has 5 heteroatoms. The fourth-order valence-electron chi connectivity index (χ4n) is 1.76. The van der Waals surface area contributed by atoms with Crippen LogP contribution in [0.4, 0.5) is 10.5 Å². The predicted molar refractivity (Wildman–Crippen MR) is 68.4 cm³/mol. The number of anilines is 1. The van der Waals surface area contributed by atoms with Crippen LogP contribution < -0.4 is 5.32 Å². The lowest BCUT2D eigenvalue weighted by Crippen LogP contribution is -2.18. The number of nitrogens with one attached hydrogen (secondary N) is 1. The van der Waals surface area contributed by atoms with E-state index in [2.05, 4.69) is 15.3 Å². The lowest BCUT2D eigenvalue weighted by Gasteiger charge is -2.07. The van der Waals surface area contributed by atoms with Gasteiger partial charge in [-0.15, -0.1) is 0 Å². The molecule has 0 bridgehead atoms. The van der Waals surface area contributed by atoms with Crippen molar-refractivity contribution in [2.24, 2.45) is 0 Å². The second-order valence-electron chi connectivity index (χ2n) is 3.78. The zero-order chi connectivity index (χ0) is 12.4. The van der Waals surface area contributed by atoms with E-state index in [1.54, 1.807) is 18.6 Å². The molecule has 0 aliphatic rings. The van der Waals surface area contributed by atoms with Crippen LogP contribution in [0.25, 0.3) is 10.9 Å². The summed E-state index contributed by atoms with van der Waals surface area (Å²) in [5.74, 6) is 0. The number of hydrogen-bond donors (Lipinski definition) is 1. The van der Waals surface area contributed by atoms with Gasteiger partial charge in [0, 0.05) is 24.0 Å². The number of imidazole rings is 1. The van der Waals surface area contributed by atoms with Gasteiger partial charge in [0.05, 0.1) is 11.2 Å². The molecule has 0 spiro atoms. The monoisotopic (exact) mass is 238 g/mol. The average molecular weight is 238 g/mol. The molecule has 3 rings (SSSR count). The van der Waals surface area contributed by atoms with Crippen molar-refractivity contribution in [1.82, 2.24) is 14.5 Å². The minimum Gasteiger partial charge on any atom is -0.305 e. The molecule has 0 unspecified atom stereocenters. The third-order valence-electron chi connectivity index (χ3n) is 2.61. The zero-order valence-corrected chi connectivity index (χ0v) is 9.45. The molecule has 0 atom stereocenters. The van der Waals surface area contributed by atoms with Gasteiger partial charge in [-0.2, -0.15) is 0 Å². The van der Waals surface area contributed by atoms with Gasteiger partial charge in [0.15, 0.2) is 0 Å². The maximum absolute atomic E-state index is 11.9. The molecular formula is C13H10N4O. The highest BCUT2D eigenvalue weighted by Crippen LogP contribution is 2.20. The summed E-state index contributed by atoms with van der Waals surface area (Å²) in [4.78, 5) is 20.0. The van der Waals surface area contributed by atoms with Crippen molar-refractivity contribution in [2.75, 3.05) is 5.32 Å². The maximum atomic E-state index is 11.9. The highest BCUT2D eigenvalue weighted by atomic mass is 16.2. The molecule has 0 saturated carbocycles. The van der Waals surface area contributed by atoms with Crippen LogP contribution in [-0.4, -0.2) is 20.6 Å². The molecule has 0 saturated heterocycles. The van der Waals surface area contributed by atoms with E-state index in [9.17, 15) is 4.79 Å². The molecule has 0 fully saturated rings. The number of benzene rings is 1. The minimum absolute atomic E-state index is 0.259. The van der Waals surface area contributed by atoms with Crippen LogP contribution in [0.1, 0.15) is 0 Å². The first-order valence-electron chi connectivity index (χ1n) is 5.48. The summed E-state index contributed by atoms with van der Waals surface area (Å²) < 4.78 is 1.38. The third-order valence-corrected chi connectivity index (χ3v) is 2.61. The Labute approximate surface area is 103 Å². The fourth-order valence-corrected chi connectivity index (χ4v) is 1.76. The van der Waals surface area contributed by atoms with Crippen molar-refractivity contribution >= 4 is 22.6 Å². The van der Waals surface area contributed by atoms with Crippen molar-refractivity contribution in [3.8, 4) is 0 Å². The standard InChI is InChI=1S/C13H10N4O/c18-13(17-8-7-14-9-17)16-11-5-1-3-10-4-2-6-15-12(10)11/h1-9H,(H,16,18). The molecule has 1 aromatic carbocycles. The van der Waals surface area contributed by atoms with Gasteiger partial charge in [0.1, 0.15) is 6.33 Å². The predicted octanol–water partition coefficient (Wildman–Crippen LogP) is 2.51. The van der Waals surface area contributed by atoms with E-state index in [1.807, 2.05) is 30.3 Å². The summed E-state index contributed by atoms with van der Waals surface area (Å²) in [5, 5.41) is 3.80. The molecule has 2 heterocycles. The summed E-state index contributed by atoms with van der Waals surface area (Å²) >= 11 is 0. The van der Waals surface area contributed by atoms with Crippen molar-refractivity contribution in [3.05, 3.63) is 55.2 Å². The summed E-state index contributed by atoms with van der Waals surface area (Å²) in [6.45, 7) is 0. The molecule has 5 nitrogen and oxygen atoms in total. The smallest absolute Gasteiger partial charge is 0.305 e. The van der Waals surface area contributed by atoms with E-state index >= 15 is 0 Å². The minimum atomic E-state index is -0.259. The van der Waals surface area contributed by atoms with Crippen LogP contribution in [-0.2, 0) is 0 Å². The van der Waals surface area contributed by atoms with Crippen LogP contribution in [0.3, 0.4) is 0 Å². The van der Waals surface area contributed by atoms with Gasteiger partial charge in [-0.25, -0.2) is 9.78 Å². The van der Waals surface area contributed by atoms with E-state index in [-0.39, 0.29) is 6.03 Å². The third kappa shape index (κ3) is 1.82. The SMILES string of the molecule is O=C(Nc1cccc2cccnc12)n1ccnc1. The van der Waals surface area contributed by atoms with Crippen molar-refractivity contribution in [2.45, 2.75) is 0 Å². The normalized spacial score (nSPS) is 10.4. The average Bonchev–Trinajstić information content (AvgIpc) is 2.93. The zero-order valence-electron chi connectivity index (χ0n) is 9.45. The second-order valence-corrected chi connectivity index (χ2v) is 3.78. The van der Waals surface area contributed by atoms with Crippen molar-refractivity contribution in [1.29, 1.82) is 0 Å². The van der Waals surface area contributed by atoms with Crippen molar-refractivity contribution < 1.29 is 4.79 Å². The van der Waals surface area contributed by atoms with Gasteiger partial charge in [-0.1, -0.05) is 18.2 Å². The Morgan fingerprint density at radius 2 is 2.06 bits per heavy atom. The lowest BCUT2D eigenvalue weighted by atomic mass is 10.2. The first-order valence-corrected chi connectivity index (χ1v) is 5.48. The van der Waals surface area contributed by atoms with Gasteiger partial charge < -0.3 is 5.32 Å². The molecule has 0 aliphatic heterocycles. The number of rotatable bonds is 1. The molecule has 1 N–H and O–H groups in total. The quantitative estimate of drug-likeness (QED) is 0.708. The number of amides is 1. The first kappa shape index (κ1) is 10.5. The lowest BCUT2D eigenvalue weighted by molar-refractivity contribution is 0.253. The molecule has 3 aromatic rings. The van der Waals surface area contributed by atoms with Crippen LogP contribution in [0.2, 0.25) is 0 Å². The van der Waals surface area contributed by atoms with Gasteiger partial charge in [0.2, 0.25) is 0 Å². The van der Waals surface area contributed by atoms with E-state index in [0.29, 0.717) is 5.69 Å². The largest absolute Gasteiger partial charge is 0.331 e. The van der Waals surface area contributed by atoms with E-state index in [1.165, 1.54) is 10.9 Å². The van der Waals surface area contributed by atoms with Crippen LogP contribution >= 0.6 is 0 Å². The highest BCUT2D eigenvalue weighted by Gasteiger charge is 2.07. The summed E-state index contributed by atoms with van der Waals surface area (Å²) in [5.41, 5.74) is 1.46.